The van der Waals surface area contributed by atoms with Crippen LogP contribution in [0.15, 0.2) is 27.8 Å². The van der Waals surface area contributed by atoms with Crippen molar-refractivity contribution in [3.8, 4) is 0 Å². The average molecular weight is 448 g/mol. The van der Waals surface area contributed by atoms with E-state index in [2.05, 4.69) is 20.9 Å². The zero-order chi connectivity index (χ0) is 16.3. The standard InChI is InChI=1S/C17H28N4O2.HI/c1-18-17(19-11-9-15-8-5-13-23-15)20-12-10-16(22)21-14-6-3-2-4-7-14;/h5,8,13-14H,2-4,6-7,9-12H2,1H3,(H,21,22)(H2,18,19,20);1H. The Morgan fingerprint density at radius 3 is 2.67 bits per heavy atom. The van der Waals surface area contributed by atoms with Gasteiger partial charge in [0.1, 0.15) is 5.76 Å². The Kier molecular flexibility index (Phi) is 10.5. The van der Waals surface area contributed by atoms with E-state index >= 15 is 0 Å². The second-order valence-electron chi connectivity index (χ2n) is 5.91. The van der Waals surface area contributed by atoms with Crippen molar-refractivity contribution in [3.05, 3.63) is 24.2 Å². The van der Waals surface area contributed by atoms with Crippen LogP contribution in [-0.2, 0) is 11.2 Å². The lowest BCUT2D eigenvalue weighted by atomic mass is 9.95. The third kappa shape index (κ3) is 8.03. The molecular formula is C17H29IN4O2. The van der Waals surface area contributed by atoms with Gasteiger partial charge in [0.25, 0.3) is 0 Å². The van der Waals surface area contributed by atoms with Crippen molar-refractivity contribution >= 4 is 35.8 Å². The SMILES string of the molecule is CN=C(NCCC(=O)NC1CCCCC1)NCCc1ccco1.I. The molecule has 0 atom stereocenters. The Morgan fingerprint density at radius 1 is 1.25 bits per heavy atom. The van der Waals surface area contributed by atoms with Crippen LogP contribution in [0.3, 0.4) is 0 Å². The van der Waals surface area contributed by atoms with Crippen LogP contribution < -0.4 is 16.0 Å². The number of guanidine groups is 1. The second-order valence-corrected chi connectivity index (χ2v) is 5.91. The van der Waals surface area contributed by atoms with Gasteiger partial charge < -0.3 is 20.4 Å². The molecule has 1 amide bonds. The number of carbonyl (C=O) groups is 1. The Hall–Kier alpha value is -1.25. The molecule has 1 fully saturated rings. The largest absolute Gasteiger partial charge is 0.469 e. The molecule has 136 valence electrons. The van der Waals surface area contributed by atoms with Crippen molar-refractivity contribution < 1.29 is 9.21 Å². The lowest BCUT2D eigenvalue weighted by Gasteiger charge is -2.22. The number of aliphatic imine (C=N–C) groups is 1. The highest BCUT2D eigenvalue weighted by molar-refractivity contribution is 14.0. The molecule has 7 heteroatoms. The molecule has 2 rings (SSSR count). The number of nitrogens with zero attached hydrogens (tertiary/aromatic N) is 1. The van der Waals surface area contributed by atoms with Gasteiger partial charge in [-0.25, -0.2) is 0 Å². The number of hydrogen-bond donors (Lipinski definition) is 3. The summed E-state index contributed by atoms with van der Waals surface area (Å²) in [6, 6.07) is 4.21. The molecule has 0 aromatic carbocycles. The smallest absolute Gasteiger partial charge is 0.221 e. The first-order valence-electron chi connectivity index (χ1n) is 8.54. The summed E-state index contributed by atoms with van der Waals surface area (Å²) in [7, 11) is 1.73. The Balaban J connectivity index is 0.00000288. The van der Waals surface area contributed by atoms with Gasteiger partial charge in [-0.1, -0.05) is 19.3 Å². The number of nitrogens with one attached hydrogen (secondary N) is 3. The van der Waals surface area contributed by atoms with Gasteiger partial charge in [0.2, 0.25) is 5.91 Å². The van der Waals surface area contributed by atoms with Crippen LogP contribution in [0.1, 0.15) is 44.3 Å². The second kappa shape index (κ2) is 12.2. The molecule has 1 aromatic heterocycles. The van der Waals surface area contributed by atoms with Gasteiger partial charge in [-0.05, 0) is 25.0 Å². The van der Waals surface area contributed by atoms with Crippen molar-refractivity contribution in [1.82, 2.24) is 16.0 Å². The van der Waals surface area contributed by atoms with Crippen LogP contribution in [0.5, 0.6) is 0 Å². The molecule has 1 aromatic rings. The molecular weight excluding hydrogens is 419 g/mol. The van der Waals surface area contributed by atoms with Gasteiger partial charge in [0.05, 0.1) is 6.26 Å². The molecule has 0 saturated heterocycles. The number of halogens is 1. The fourth-order valence-electron chi connectivity index (χ4n) is 2.82. The summed E-state index contributed by atoms with van der Waals surface area (Å²) in [4.78, 5) is 16.1. The number of amides is 1. The number of furan rings is 1. The topological polar surface area (TPSA) is 78.7 Å². The fourth-order valence-corrected chi connectivity index (χ4v) is 2.82. The van der Waals surface area contributed by atoms with Crippen LogP contribution in [0.4, 0.5) is 0 Å². The molecule has 6 nitrogen and oxygen atoms in total. The van der Waals surface area contributed by atoms with E-state index in [1.165, 1.54) is 19.3 Å². The molecule has 1 heterocycles. The van der Waals surface area contributed by atoms with Crippen molar-refractivity contribution in [2.45, 2.75) is 51.0 Å². The van der Waals surface area contributed by atoms with Crippen molar-refractivity contribution in [1.29, 1.82) is 0 Å². The predicted molar refractivity (Wildman–Crippen MR) is 107 cm³/mol. The van der Waals surface area contributed by atoms with E-state index in [4.69, 9.17) is 4.42 Å². The molecule has 1 aliphatic carbocycles. The molecule has 1 saturated carbocycles. The fraction of sp³-hybridized carbons (Fsp3) is 0.647. The van der Waals surface area contributed by atoms with Gasteiger partial charge in [0, 0.05) is 39.0 Å². The number of hydrogen-bond acceptors (Lipinski definition) is 3. The number of rotatable bonds is 7. The van der Waals surface area contributed by atoms with E-state index in [9.17, 15) is 4.79 Å². The average Bonchev–Trinajstić information content (AvgIpc) is 3.07. The van der Waals surface area contributed by atoms with Crippen molar-refractivity contribution in [2.75, 3.05) is 20.1 Å². The van der Waals surface area contributed by atoms with E-state index < -0.39 is 0 Å². The Morgan fingerprint density at radius 2 is 2.00 bits per heavy atom. The van der Waals surface area contributed by atoms with Gasteiger partial charge in [0.15, 0.2) is 5.96 Å². The van der Waals surface area contributed by atoms with E-state index in [1.807, 2.05) is 12.1 Å². The molecule has 0 radical (unpaired) electrons. The molecule has 0 spiro atoms. The first-order valence-corrected chi connectivity index (χ1v) is 8.54. The molecule has 1 aliphatic rings. The minimum atomic E-state index is 0. The van der Waals surface area contributed by atoms with E-state index in [0.29, 0.717) is 25.0 Å². The summed E-state index contributed by atoms with van der Waals surface area (Å²) in [6.45, 7) is 1.32. The maximum Gasteiger partial charge on any atom is 0.221 e. The maximum atomic E-state index is 11.9. The highest BCUT2D eigenvalue weighted by Gasteiger charge is 2.15. The quantitative estimate of drug-likeness (QED) is 0.340. The third-order valence-corrected chi connectivity index (χ3v) is 4.08. The zero-order valence-corrected chi connectivity index (χ0v) is 16.7. The lowest BCUT2D eigenvalue weighted by molar-refractivity contribution is -0.121. The summed E-state index contributed by atoms with van der Waals surface area (Å²) >= 11 is 0. The Labute approximate surface area is 161 Å². The van der Waals surface area contributed by atoms with Gasteiger partial charge in [-0.2, -0.15) is 0 Å². The minimum Gasteiger partial charge on any atom is -0.469 e. The van der Waals surface area contributed by atoms with Gasteiger partial charge in [-0.15, -0.1) is 24.0 Å². The monoisotopic (exact) mass is 448 g/mol. The third-order valence-electron chi connectivity index (χ3n) is 4.08. The molecule has 3 N–H and O–H groups in total. The van der Waals surface area contributed by atoms with Crippen LogP contribution in [-0.4, -0.2) is 38.0 Å². The summed E-state index contributed by atoms with van der Waals surface area (Å²) in [5, 5.41) is 9.50. The Bertz CT molecular complexity index is 485. The summed E-state index contributed by atoms with van der Waals surface area (Å²) < 4.78 is 5.28. The van der Waals surface area contributed by atoms with E-state index in [-0.39, 0.29) is 29.9 Å². The van der Waals surface area contributed by atoms with Crippen LogP contribution in [0, 0.1) is 0 Å². The number of carbonyl (C=O) groups excluding carboxylic acids is 1. The zero-order valence-electron chi connectivity index (χ0n) is 14.3. The summed E-state index contributed by atoms with van der Waals surface area (Å²) in [6.07, 6.45) is 8.95. The minimum absolute atomic E-state index is 0. The molecule has 0 aliphatic heterocycles. The normalized spacial score (nSPS) is 15.5. The van der Waals surface area contributed by atoms with Crippen LogP contribution in [0.25, 0.3) is 0 Å². The van der Waals surface area contributed by atoms with Gasteiger partial charge >= 0.3 is 0 Å². The molecule has 24 heavy (non-hydrogen) atoms. The van der Waals surface area contributed by atoms with Crippen molar-refractivity contribution in [3.63, 3.8) is 0 Å². The van der Waals surface area contributed by atoms with Crippen molar-refractivity contribution in [2.24, 2.45) is 4.99 Å². The van der Waals surface area contributed by atoms with E-state index in [1.54, 1.807) is 13.3 Å². The summed E-state index contributed by atoms with van der Waals surface area (Å²) in [5.74, 6) is 1.78. The lowest BCUT2D eigenvalue weighted by Crippen LogP contribution is -2.41. The summed E-state index contributed by atoms with van der Waals surface area (Å²) in [5.41, 5.74) is 0. The first-order chi connectivity index (χ1) is 11.3. The maximum absolute atomic E-state index is 11.9. The molecule has 0 bridgehead atoms. The van der Waals surface area contributed by atoms with E-state index in [0.717, 1.165) is 31.6 Å². The van der Waals surface area contributed by atoms with Gasteiger partial charge in [-0.3, -0.25) is 9.79 Å². The predicted octanol–water partition coefficient (Wildman–Crippen LogP) is 2.44. The first kappa shape index (κ1) is 20.8. The van der Waals surface area contributed by atoms with Crippen LogP contribution in [0.2, 0.25) is 0 Å². The molecule has 0 unspecified atom stereocenters. The highest BCUT2D eigenvalue weighted by atomic mass is 127. The van der Waals surface area contributed by atoms with Crippen LogP contribution >= 0.6 is 24.0 Å². The highest BCUT2D eigenvalue weighted by Crippen LogP contribution is 2.17.